The summed E-state index contributed by atoms with van der Waals surface area (Å²) in [7, 11) is 0. The van der Waals surface area contributed by atoms with Gasteiger partial charge in [-0.2, -0.15) is 0 Å². The molecule has 0 unspecified atom stereocenters. The van der Waals surface area contributed by atoms with Crippen LogP contribution in [0.25, 0.3) is 0 Å². The lowest BCUT2D eigenvalue weighted by Gasteiger charge is -2.10. The first-order valence-corrected chi connectivity index (χ1v) is 8.52. The van der Waals surface area contributed by atoms with E-state index in [9.17, 15) is 5.21 Å². The summed E-state index contributed by atoms with van der Waals surface area (Å²) in [6, 6.07) is 2.17. The Kier molecular flexibility index (Phi) is 3.50. The summed E-state index contributed by atoms with van der Waals surface area (Å²) >= 11 is 3.45. The van der Waals surface area contributed by atoms with E-state index in [2.05, 4.69) is 30.3 Å². The molecule has 19 heavy (non-hydrogen) atoms. The summed E-state index contributed by atoms with van der Waals surface area (Å²) in [5.41, 5.74) is 3.03. The van der Waals surface area contributed by atoms with Crippen LogP contribution in [-0.4, -0.2) is 27.6 Å². The van der Waals surface area contributed by atoms with Crippen molar-refractivity contribution in [3.63, 3.8) is 0 Å². The molecule has 0 atom stereocenters. The van der Waals surface area contributed by atoms with Crippen LogP contribution in [0.5, 0.6) is 0 Å². The second-order valence-electron chi connectivity index (χ2n) is 4.67. The molecule has 0 aromatic carbocycles. The molecule has 0 fully saturated rings. The highest BCUT2D eigenvalue weighted by molar-refractivity contribution is 8.02. The first-order chi connectivity index (χ1) is 9.22. The van der Waals surface area contributed by atoms with Gasteiger partial charge in [-0.25, -0.2) is 0 Å². The molecule has 3 nitrogen and oxygen atoms in total. The average molecular weight is 293 g/mol. The molecule has 0 spiro atoms. The van der Waals surface area contributed by atoms with Gasteiger partial charge < -0.3 is 0 Å². The van der Waals surface area contributed by atoms with Crippen molar-refractivity contribution in [3.8, 4) is 0 Å². The lowest BCUT2D eigenvalue weighted by Crippen LogP contribution is -2.24. The summed E-state index contributed by atoms with van der Waals surface area (Å²) in [4.78, 5) is 7.33. The smallest absolute Gasteiger partial charge is 0.283 e. The molecule has 3 rings (SSSR count). The molecule has 2 heterocycles. The quantitative estimate of drug-likeness (QED) is 0.665. The Balaban J connectivity index is 2.09. The molecule has 1 aromatic rings. The minimum absolute atomic E-state index is 0.667. The van der Waals surface area contributed by atoms with Crippen molar-refractivity contribution in [2.75, 3.05) is 6.26 Å². The fourth-order valence-electron chi connectivity index (χ4n) is 2.42. The van der Waals surface area contributed by atoms with Crippen LogP contribution in [0.3, 0.4) is 0 Å². The zero-order chi connectivity index (χ0) is 13.4. The van der Waals surface area contributed by atoms with Crippen LogP contribution in [-0.2, 0) is 13.0 Å². The second kappa shape index (κ2) is 5.13. The van der Waals surface area contributed by atoms with Gasteiger partial charge in [0.25, 0.3) is 5.71 Å². The Hall–Kier alpha value is -1.07. The van der Waals surface area contributed by atoms with Gasteiger partial charge in [-0.05, 0) is 36.1 Å². The van der Waals surface area contributed by atoms with Gasteiger partial charge in [-0.3, -0.25) is 10.2 Å². The number of hydrogen-bond acceptors (Lipinski definition) is 4. The van der Waals surface area contributed by atoms with Crippen molar-refractivity contribution in [2.24, 2.45) is 4.99 Å². The Morgan fingerprint density at radius 1 is 1.47 bits per heavy atom. The predicted molar refractivity (Wildman–Crippen MR) is 82.4 cm³/mol. The molecule has 0 amide bonds. The summed E-state index contributed by atoms with van der Waals surface area (Å²) in [6.45, 7) is 2.81. The third-order valence-corrected chi connectivity index (χ3v) is 5.66. The molecular formula is C14H17N2OS2+. The first kappa shape index (κ1) is 12.9. The van der Waals surface area contributed by atoms with Crippen LogP contribution in [0, 0.1) is 0 Å². The third kappa shape index (κ3) is 2.25. The summed E-state index contributed by atoms with van der Waals surface area (Å²) < 4.78 is 1.37. The molecule has 0 saturated carbocycles. The third-order valence-electron chi connectivity index (χ3n) is 3.52. The average Bonchev–Trinajstić information content (AvgIpc) is 2.82. The van der Waals surface area contributed by atoms with Crippen molar-refractivity contribution in [1.29, 1.82) is 0 Å². The van der Waals surface area contributed by atoms with Crippen molar-refractivity contribution in [3.05, 3.63) is 27.5 Å². The van der Waals surface area contributed by atoms with E-state index >= 15 is 0 Å². The van der Waals surface area contributed by atoms with Crippen LogP contribution in [0.2, 0.25) is 0 Å². The summed E-state index contributed by atoms with van der Waals surface area (Å²) in [5, 5.41) is 11.4. The van der Waals surface area contributed by atoms with Gasteiger partial charge in [0.05, 0.1) is 12.1 Å². The highest BCUT2D eigenvalue weighted by Gasteiger charge is 2.32. The number of aryl methyl sites for hydroxylation is 1. The Morgan fingerprint density at radius 3 is 3.05 bits per heavy atom. The van der Waals surface area contributed by atoms with Crippen molar-refractivity contribution >= 4 is 39.5 Å². The number of aliphatic imine (C=N–C) groups is 1. The highest BCUT2D eigenvalue weighted by Crippen LogP contribution is 2.34. The normalized spacial score (nSPS) is 18.4. The summed E-state index contributed by atoms with van der Waals surface area (Å²) in [5.74, 6) is 0. The van der Waals surface area contributed by atoms with E-state index < -0.39 is 0 Å². The SMILES string of the molecule is CCc1cc2c(s1)[N+](O)=C1CCC(SC)=CC1=NC2. The van der Waals surface area contributed by atoms with E-state index in [4.69, 9.17) is 0 Å². The Labute approximate surface area is 121 Å². The fourth-order valence-corrected chi connectivity index (χ4v) is 4.01. The lowest BCUT2D eigenvalue weighted by molar-refractivity contribution is -0.710. The van der Waals surface area contributed by atoms with Crippen LogP contribution in [0.15, 0.2) is 22.0 Å². The molecule has 100 valence electrons. The molecular weight excluding hydrogens is 276 g/mol. The van der Waals surface area contributed by atoms with Crippen molar-refractivity contribution in [2.45, 2.75) is 32.7 Å². The monoisotopic (exact) mass is 293 g/mol. The number of nitrogens with zero attached hydrogens (tertiary/aromatic N) is 2. The molecule has 5 heteroatoms. The van der Waals surface area contributed by atoms with Gasteiger partial charge in [0.2, 0.25) is 0 Å². The van der Waals surface area contributed by atoms with Gasteiger partial charge in [0.1, 0.15) is 5.71 Å². The number of thioether (sulfide) groups is 1. The largest absolute Gasteiger partial charge is 0.317 e. The summed E-state index contributed by atoms with van der Waals surface area (Å²) in [6.07, 6.45) is 7.07. The molecule has 1 aliphatic heterocycles. The molecule has 0 radical (unpaired) electrons. The lowest BCUT2D eigenvalue weighted by atomic mass is 10.0. The zero-order valence-corrected chi connectivity index (χ0v) is 12.8. The maximum absolute atomic E-state index is 10.5. The van der Waals surface area contributed by atoms with Gasteiger partial charge >= 0.3 is 5.00 Å². The number of thiophene rings is 1. The van der Waals surface area contributed by atoms with Crippen molar-refractivity contribution < 1.29 is 9.95 Å². The predicted octanol–water partition coefficient (Wildman–Crippen LogP) is 3.78. The van der Waals surface area contributed by atoms with Crippen LogP contribution < -0.4 is 0 Å². The standard InChI is InChI=1S/C14H17N2OS2/c1-3-10-6-9-8-15-12-7-11(18-2)4-5-13(12)16(17)14(9)19-10/h6-7,17H,3-5,8H2,1-2H3/q+1. The van der Waals surface area contributed by atoms with Crippen LogP contribution >= 0.6 is 23.1 Å². The van der Waals surface area contributed by atoms with E-state index in [0.29, 0.717) is 6.54 Å². The zero-order valence-electron chi connectivity index (χ0n) is 11.1. The maximum Gasteiger partial charge on any atom is 0.317 e. The van der Waals surface area contributed by atoms with E-state index in [-0.39, 0.29) is 0 Å². The molecule has 0 bridgehead atoms. The van der Waals surface area contributed by atoms with E-state index in [1.807, 2.05) is 0 Å². The van der Waals surface area contributed by atoms with Crippen LogP contribution in [0.4, 0.5) is 5.00 Å². The van der Waals surface area contributed by atoms with Gasteiger partial charge in [-0.15, -0.1) is 11.8 Å². The number of fused-ring (bicyclic) bond motifs is 2. The number of hydrogen-bond donors (Lipinski definition) is 1. The molecule has 0 saturated heterocycles. The van der Waals surface area contributed by atoms with E-state index in [0.717, 1.165) is 41.3 Å². The van der Waals surface area contributed by atoms with Crippen LogP contribution in [0.1, 0.15) is 30.2 Å². The van der Waals surface area contributed by atoms with Gasteiger partial charge in [0.15, 0.2) is 0 Å². The molecule has 2 aliphatic rings. The van der Waals surface area contributed by atoms with Crippen molar-refractivity contribution in [1.82, 2.24) is 0 Å². The number of rotatable bonds is 2. The first-order valence-electron chi connectivity index (χ1n) is 6.48. The Morgan fingerprint density at radius 2 is 2.32 bits per heavy atom. The molecule has 1 aromatic heterocycles. The minimum Gasteiger partial charge on any atom is -0.283 e. The molecule has 1 aliphatic carbocycles. The van der Waals surface area contributed by atoms with Gasteiger partial charge in [-0.1, -0.05) is 18.3 Å². The number of allylic oxidation sites excluding steroid dienone is 2. The van der Waals surface area contributed by atoms with E-state index in [1.165, 1.54) is 14.5 Å². The minimum atomic E-state index is 0.667. The Bertz CT molecular complexity index is 611. The second-order valence-corrected chi connectivity index (χ2v) is 6.72. The van der Waals surface area contributed by atoms with Gasteiger partial charge in [0, 0.05) is 16.0 Å². The van der Waals surface area contributed by atoms with E-state index in [1.54, 1.807) is 23.1 Å². The highest BCUT2D eigenvalue weighted by atomic mass is 32.2. The maximum atomic E-state index is 10.5. The fraction of sp³-hybridized carbons (Fsp3) is 0.429. The molecule has 1 N–H and O–H groups in total. The topological polar surface area (TPSA) is 35.6 Å².